The molecule has 1 aromatic carbocycles. The highest BCUT2D eigenvalue weighted by atomic mass is 32.2. The van der Waals surface area contributed by atoms with Crippen molar-refractivity contribution in [1.29, 1.82) is 0 Å². The van der Waals surface area contributed by atoms with Gasteiger partial charge in [0, 0.05) is 41.8 Å². The van der Waals surface area contributed by atoms with Crippen LogP contribution in [0.25, 0.3) is 0 Å². The fraction of sp³-hybridized carbons (Fsp3) is 0.429. The number of nitrogens with zero attached hydrogens (tertiary/aromatic N) is 1. The fourth-order valence-corrected chi connectivity index (χ4v) is 3.16. The molecule has 1 amide bonds. The molecule has 1 heterocycles. The Labute approximate surface area is 120 Å². The number of benzene rings is 1. The number of aryl methyl sites for hydroxylation is 1. The van der Waals surface area contributed by atoms with Gasteiger partial charge in [0.1, 0.15) is 0 Å². The first-order valence-electron chi connectivity index (χ1n) is 6.51. The molecule has 0 radical (unpaired) electrons. The molecule has 0 aromatic heterocycles. The largest absolute Gasteiger partial charge is 0.478 e. The molecule has 0 atom stereocenters. The molecule has 1 aliphatic heterocycles. The van der Waals surface area contributed by atoms with Gasteiger partial charge < -0.3 is 10.0 Å². The highest BCUT2D eigenvalue weighted by Gasteiger charge is 2.19. The van der Waals surface area contributed by atoms with Crippen molar-refractivity contribution >= 4 is 22.7 Å². The van der Waals surface area contributed by atoms with E-state index in [2.05, 4.69) is 0 Å². The van der Waals surface area contributed by atoms with E-state index in [0.717, 1.165) is 5.56 Å². The topological polar surface area (TPSA) is 74.7 Å². The SMILES string of the molecule is O=C(O)c1ccc(CCC(=O)N2CCS(=O)CC2)cc1. The number of amides is 1. The van der Waals surface area contributed by atoms with Crippen molar-refractivity contribution in [2.45, 2.75) is 12.8 Å². The molecule has 1 saturated heterocycles. The minimum Gasteiger partial charge on any atom is -0.478 e. The summed E-state index contributed by atoms with van der Waals surface area (Å²) in [4.78, 5) is 24.5. The van der Waals surface area contributed by atoms with E-state index in [0.29, 0.717) is 37.4 Å². The smallest absolute Gasteiger partial charge is 0.335 e. The lowest BCUT2D eigenvalue weighted by molar-refractivity contribution is -0.130. The predicted octanol–water partition coefficient (Wildman–Crippen LogP) is 0.908. The summed E-state index contributed by atoms with van der Waals surface area (Å²) in [5.41, 5.74) is 1.20. The van der Waals surface area contributed by atoms with E-state index in [-0.39, 0.29) is 11.5 Å². The number of carbonyl (C=O) groups is 2. The Bertz CT molecular complexity index is 516. The lowest BCUT2D eigenvalue weighted by Gasteiger charge is -2.26. The quantitative estimate of drug-likeness (QED) is 0.896. The van der Waals surface area contributed by atoms with Crippen molar-refractivity contribution in [1.82, 2.24) is 4.90 Å². The maximum atomic E-state index is 12.0. The Morgan fingerprint density at radius 2 is 1.75 bits per heavy atom. The normalized spacial score (nSPS) is 16.1. The summed E-state index contributed by atoms with van der Waals surface area (Å²) >= 11 is 0. The van der Waals surface area contributed by atoms with Gasteiger partial charge in [0.25, 0.3) is 0 Å². The molecule has 0 spiro atoms. The molecule has 0 aliphatic carbocycles. The van der Waals surface area contributed by atoms with Gasteiger partial charge in [-0.1, -0.05) is 12.1 Å². The van der Waals surface area contributed by atoms with Gasteiger partial charge in [0.15, 0.2) is 0 Å². The summed E-state index contributed by atoms with van der Waals surface area (Å²) < 4.78 is 11.2. The average Bonchev–Trinajstić information content (AvgIpc) is 2.46. The van der Waals surface area contributed by atoms with E-state index >= 15 is 0 Å². The van der Waals surface area contributed by atoms with Gasteiger partial charge in [-0.25, -0.2) is 4.79 Å². The molecule has 0 saturated carbocycles. The molecule has 108 valence electrons. The van der Waals surface area contributed by atoms with E-state index in [1.165, 1.54) is 0 Å². The average molecular weight is 295 g/mol. The van der Waals surface area contributed by atoms with Crippen LogP contribution in [0.1, 0.15) is 22.3 Å². The highest BCUT2D eigenvalue weighted by Crippen LogP contribution is 2.09. The monoisotopic (exact) mass is 295 g/mol. The summed E-state index contributed by atoms with van der Waals surface area (Å²) in [6.07, 6.45) is 0.997. The third kappa shape index (κ3) is 3.90. The van der Waals surface area contributed by atoms with Crippen LogP contribution in [0, 0.1) is 0 Å². The van der Waals surface area contributed by atoms with E-state index in [9.17, 15) is 13.8 Å². The summed E-state index contributed by atoms with van der Waals surface area (Å²) in [5, 5.41) is 8.80. The number of carboxylic acids is 1. The Kier molecular flexibility index (Phi) is 4.89. The lowest BCUT2D eigenvalue weighted by atomic mass is 10.1. The van der Waals surface area contributed by atoms with Crippen molar-refractivity contribution in [2.75, 3.05) is 24.6 Å². The van der Waals surface area contributed by atoms with Crippen LogP contribution in [-0.2, 0) is 22.0 Å². The first-order chi connectivity index (χ1) is 9.56. The molecule has 6 heteroatoms. The van der Waals surface area contributed by atoms with Crippen LogP contribution in [0.4, 0.5) is 0 Å². The zero-order valence-corrected chi connectivity index (χ0v) is 11.9. The molecule has 0 unspecified atom stereocenters. The van der Waals surface area contributed by atoms with Crippen LogP contribution in [0.3, 0.4) is 0 Å². The van der Waals surface area contributed by atoms with Crippen LogP contribution in [0.2, 0.25) is 0 Å². The van der Waals surface area contributed by atoms with Crippen LogP contribution in [0.15, 0.2) is 24.3 Å². The molecule has 1 fully saturated rings. The standard InChI is InChI=1S/C14H17NO4S/c16-13(15-7-9-20(19)10-8-15)6-3-11-1-4-12(5-2-11)14(17)18/h1-2,4-5H,3,6-10H2,(H,17,18). The van der Waals surface area contributed by atoms with Crippen molar-refractivity contribution in [3.05, 3.63) is 35.4 Å². The third-order valence-electron chi connectivity index (χ3n) is 3.36. The molecule has 20 heavy (non-hydrogen) atoms. The molecular formula is C14H17NO4S. The maximum absolute atomic E-state index is 12.0. The number of carboxylic acid groups (broad SMARTS) is 1. The molecule has 1 aliphatic rings. The molecule has 5 nitrogen and oxygen atoms in total. The number of aromatic carboxylic acids is 1. The van der Waals surface area contributed by atoms with Crippen LogP contribution < -0.4 is 0 Å². The summed E-state index contributed by atoms with van der Waals surface area (Å²) in [6, 6.07) is 6.57. The number of hydrogen-bond acceptors (Lipinski definition) is 3. The first-order valence-corrected chi connectivity index (χ1v) is 8.00. The van der Waals surface area contributed by atoms with Crippen molar-refractivity contribution in [3.8, 4) is 0 Å². The van der Waals surface area contributed by atoms with Gasteiger partial charge in [-0.15, -0.1) is 0 Å². The molecule has 2 rings (SSSR count). The number of hydrogen-bond donors (Lipinski definition) is 1. The maximum Gasteiger partial charge on any atom is 0.335 e. The van der Waals surface area contributed by atoms with Gasteiger partial charge >= 0.3 is 5.97 Å². The van der Waals surface area contributed by atoms with Crippen molar-refractivity contribution in [2.24, 2.45) is 0 Å². The second-order valence-corrected chi connectivity index (χ2v) is 6.43. The number of rotatable bonds is 4. The first kappa shape index (κ1) is 14.7. The molecule has 1 aromatic rings. The van der Waals surface area contributed by atoms with Gasteiger partial charge in [-0.2, -0.15) is 0 Å². The van der Waals surface area contributed by atoms with Gasteiger partial charge in [0.2, 0.25) is 5.91 Å². The van der Waals surface area contributed by atoms with Crippen molar-refractivity contribution in [3.63, 3.8) is 0 Å². The fourth-order valence-electron chi connectivity index (χ4n) is 2.11. The van der Waals surface area contributed by atoms with Crippen LogP contribution in [-0.4, -0.2) is 50.7 Å². The van der Waals surface area contributed by atoms with Crippen LogP contribution >= 0.6 is 0 Å². The van der Waals surface area contributed by atoms with Gasteiger partial charge in [-0.05, 0) is 24.1 Å². The highest BCUT2D eigenvalue weighted by molar-refractivity contribution is 7.85. The lowest BCUT2D eigenvalue weighted by Crippen LogP contribution is -2.41. The van der Waals surface area contributed by atoms with Gasteiger partial charge in [0.05, 0.1) is 5.56 Å². The Hall–Kier alpha value is -1.69. The Balaban J connectivity index is 1.84. The van der Waals surface area contributed by atoms with E-state index in [1.807, 2.05) is 0 Å². The van der Waals surface area contributed by atoms with Gasteiger partial charge in [-0.3, -0.25) is 9.00 Å². The Morgan fingerprint density at radius 3 is 2.30 bits per heavy atom. The van der Waals surface area contributed by atoms with Crippen LogP contribution in [0.5, 0.6) is 0 Å². The minimum absolute atomic E-state index is 0.0732. The zero-order valence-electron chi connectivity index (χ0n) is 11.1. The molecule has 0 bridgehead atoms. The van der Waals surface area contributed by atoms with E-state index < -0.39 is 16.8 Å². The summed E-state index contributed by atoms with van der Waals surface area (Å²) in [7, 11) is -0.774. The minimum atomic E-state index is -0.950. The van der Waals surface area contributed by atoms with E-state index in [4.69, 9.17) is 5.11 Å². The Morgan fingerprint density at radius 1 is 1.15 bits per heavy atom. The second kappa shape index (κ2) is 6.65. The molecule has 1 N–H and O–H groups in total. The second-order valence-electron chi connectivity index (χ2n) is 4.73. The third-order valence-corrected chi connectivity index (χ3v) is 4.63. The summed E-state index contributed by atoms with van der Waals surface area (Å²) in [5.74, 6) is 0.260. The molecular weight excluding hydrogens is 278 g/mol. The summed E-state index contributed by atoms with van der Waals surface area (Å²) in [6.45, 7) is 1.15. The van der Waals surface area contributed by atoms with E-state index in [1.54, 1.807) is 29.2 Å². The zero-order chi connectivity index (χ0) is 14.5. The number of carbonyl (C=O) groups excluding carboxylic acids is 1. The predicted molar refractivity (Wildman–Crippen MR) is 76.2 cm³/mol. The van der Waals surface area contributed by atoms with Crippen molar-refractivity contribution < 1.29 is 18.9 Å².